The second kappa shape index (κ2) is 4.65. The Bertz CT molecular complexity index is 138. The van der Waals surface area contributed by atoms with Crippen molar-refractivity contribution in [3.8, 4) is 0 Å². The third-order valence-electron chi connectivity index (χ3n) is 0.955. The molecule has 4 heteroatoms. The minimum atomic E-state index is 0. The first-order chi connectivity index (χ1) is 3.93. The molecule has 0 atom stereocenters. The molecule has 0 aliphatic carbocycles. The van der Waals surface area contributed by atoms with Crippen LogP contribution in [0.1, 0.15) is 5.69 Å². The molecule has 1 heterocycles. The van der Waals surface area contributed by atoms with Crippen LogP contribution in [0, 0.1) is 0 Å². The van der Waals surface area contributed by atoms with E-state index >= 15 is 0 Å². The van der Waals surface area contributed by atoms with E-state index in [1.807, 2.05) is 6.20 Å². The molecule has 0 spiro atoms. The molecule has 46 valence electrons. The Morgan fingerprint density at radius 1 is 1.67 bits per heavy atom. The van der Waals surface area contributed by atoms with Crippen LogP contribution in [0.3, 0.4) is 0 Å². The Kier molecular flexibility index (Phi) is 4.54. The molecule has 0 amide bonds. The number of nitrogens with zero attached hydrogens (tertiary/aromatic N) is 1. The van der Waals surface area contributed by atoms with E-state index in [1.165, 1.54) is 0 Å². The predicted molar refractivity (Wildman–Crippen MR) is 31.3 cm³/mol. The Morgan fingerprint density at radius 3 is 2.89 bits per heavy atom. The third-order valence-corrected chi connectivity index (χ3v) is 0.955. The quantitative estimate of drug-likeness (QED) is 0.619. The number of nitrogens with one attached hydrogen (secondary N) is 1. The van der Waals surface area contributed by atoms with Gasteiger partial charge in [-0.15, -0.1) is 0 Å². The maximum absolute atomic E-state index is 5.27. The Morgan fingerprint density at radius 2 is 2.44 bits per heavy atom. The van der Waals surface area contributed by atoms with Gasteiger partial charge in [-0.25, -0.2) is 4.98 Å². The first-order valence-electron chi connectivity index (χ1n) is 2.61. The maximum atomic E-state index is 5.27. The number of nitrogens with two attached hydrogens (primary N) is 1. The van der Waals surface area contributed by atoms with Gasteiger partial charge in [0.2, 0.25) is 0 Å². The fourth-order valence-corrected chi connectivity index (χ4v) is 0.576. The van der Waals surface area contributed by atoms with E-state index in [9.17, 15) is 0 Å². The van der Waals surface area contributed by atoms with Crippen molar-refractivity contribution in [2.45, 2.75) is 6.42 Å². The molecule has 0 aromatic carbocycles. The summed E-state index contributed by atoms with van der Waals surface area (Å²) in [6, 6.07) is 0. The average molecular weight is 177 g/mol. The number of aromatic nitrogens is 2. The summed E-state index contributed by atoms with van der Waals surface area (Å²) in [5.41, 5.74) is 6.30. The van der Waals surface area contributed by atoms with Gasteiger partial charge in [-0.1, -0.05) is 0 Å². The van der Waals surface area contributed by atoms with E-state index in [2.05, 4.69) is 9.97 Å². The van der Waals surface area contributed by atoms with Crippen molar-refractivity contribution < 1.29 is 19.5 Å². The summed E-state index contributed by atoms with van der Waals surface area (Å²) in [5.74, 6) is 0. The van der Waals surface area contributed by atoms with Gasteiger partial charge in [0.05, 0.1) is 12.0 Å². The standard InChI is InChI=1S/C5H9N3.Zn/c6-2-1-5-3-7-4-8-5;/h3-4H,1-2,6H2,(H,7,8);. The Hall–Kier alpha value is -0.207. The van der Waals surface area contributed by atoms with E-state index in [0.717, 1.165) is 12.1 Å². The third kappa shape index (κ3) is 2.73. The molecule has 0 aliphatic rings. The van der Waals surface area contributed by atoms with E-state index in [-0.39, 0.29) is 19.5 Å². The molecule has 3 N–H and O–H groups in total. The van der Waals surface area contributed by atoms with E-state index in [0.29, 0.717) is 6.54 Å². The van der Waals surface area contributed by atoms with Gasteiger partial charge < -0.3 is 10.7 Å². The van der Waals surface area contributed by atoms with Gasteiger partial charge in [-0.05, 0) is 6.54 Å². The molecule has 0 aliphatic heterocycles. The van der Waals surface area contributed by atoms with E-state index < -0.39 is 0 Å². The number of rotatable bonds is 2. The summed E-state index contributed by atoms with van der Waals surface area (Å²) in [6.07, 6.45) is 4.38. The summed E-state index contributed by atoms with van der Waals surface area (Å²) < 4.78 is 0. The summed E-state index contributed by atoms with van der Waals surface area (Å²) in [4.78, 5) is 6.82. The van der Waals surface area contributed by atoms with Gasteiger partial charge >= 0.3 is 0 Å². The molecule has 0 saturated carbocycles. The number of imidazole rings is 1. The molecule has 0 radical (unpaired) electrons. The van der Waals surface area contributed by atoms with Crippen molar-refractivity contribution >= 4 is 0 Å². The predicted octanol–water partition coefficient (Wildman–Crippen LogP) is -0.0916. The van der Waals surface area contributed by atoms with Crippen LogP contribution in [-0.4, -0.2) is 16.5 Å². The molecule has 1 aromatic rings. The molecule has 1 aromatic heterocycles. The number of hydrogen-bond donors (Lipinski definition) is 2. The topological polar surface area (TPSA) is 54.7 Å². The first kappa shape index (κ1) is 8.79. The number of aromatic amines is 1. The van der Waals surface area contributed by atoms with Crippen molar-refractivity contribution in [2.75, 3.05) is 6.54 Å². The molecule has 9 heavy (non-hydrogen) atoms. The van der Waals surface area contributed by atoms with Crippen LogP contribution >= 0.6 is 0 Å². The maximum Gasteiger partial charge on any atom is 0.0923 e. The second-order valence-corrected chi connectivity index (χ2v) is 1.60. The molecule has 1 rings (SSSR count). The normalized spacial score (nSPS) is 8.56. The minimum absolute atomic E-state index is 0. The summed E-state index contributed by atoms with van der Waals surface area (Å²) >= 11 is 0. The van der Waals surface area contributed by atoms with Crippen LogP contribution in [0.5, 0.6) is 0 Å². The average Bonchev–Trinajstić information content (AvgIpc) is 2.19. The Labute approximate surface area is 66.8 Å². The molecule has 0 bridgehead atoms. The van der Waals surface area contributed by atoms with Crippen molar-refractivity contribution in [1.29, 1.82) is 0 Å². The fourth-order valence-electron chi connectivity index (χ4n) is 0.576. The van der Waals surface area contributed by atoms with Crippen molar-refractivity contribution in [3.05, 3.63) is 18.2 Å². The largest absolute Gasteiger partial charge is 0.351 e. The van der Waals surface area contributed by atoms with Crippen LogP contribution in [-0.2, 0) is 25.9 Å². The minimum Gasteiger partial charge on any atom is -0.351 e. The summed E-state index contributed by atoms with van der Waals surface area (Å²) in [6.45, 7) is 0.671. The molecular weight excluding hydrogens is 167 g/mol. The Balaban J connectivity index is 0.000000640. The molecule has 0 unspecified atom stereocenters. The monoisotopic (exact) mass is 175 g/mol. The number of hydrogen-bond acceptors (Lipinski definition) is 2. The van der Waals surface area contributed by atoms with Gasteiger partial charge in [0.25, 0.3) is 0 Å². The first-order valence-corrected chi connectivity index (χ1v) is 2.61. The van der Waals surface area contributed by atoms with Crippen molar-refractivity contribution in [3.63, 3.8) is 0 Å². The fraction of sp³-hybridized carbons (Fsp3) is 0.400. The van der Waals surface area contributed by atoms with Crippen LogP contribution in [0.2, 0.25) is 0 Å². The zero-order valence-corrected chi connectivity index (χ0v) is 8.27. The second-order valence-electron chi connectivity index (χ2n) is 1.60. The zero-order valence-electron chi connectivity index (χ0n) is 5.30. The molecule has 0 fully saturated rings. The molecule has 0 saturated heterocycles. The van der Waals surface area contributed by atoms with Crippen LogP contribution in [0.15, 0.2) is 12.5 Å². The van der Waals surface area contributed by atoms with Gasteiger partial charge in [0.15, 0.2) is 0 Å². The van der Waals surface area contributed by atoms with Crippen LogP contribution in [0.25, 0.3) is 0 Å². The van der Waals surface area contributed by atoms with E-state index in [4.69, 9.17) is 5.73 Å². The van der Waals surface area contributed by atoms with Gasteiger partial charge in [0.1, 0.15) is 0 Å². The molecule has 3 nitrogen and oxygen atoms in total. The number of H-pyrrole nitrogens is 1. The van der Waals surface area contributed by atoms with Gasteiger partial charge in [0, 0.05) is 32.1 Å². The van der Waals surface area contributed by atoms with Crippen molar-refractivity contribution in [2.24, 2.45) is 5.73 Å². The zero-order chi connectivity index (χ0) is 5.82. The van der Waals surface area contributed by atoms with Gasteiger partial charge in [-0.3, -0.25) is 0 Å². The SMILES string of the molecule is NCCc1c[nH]cn1.[Zn]. The summed E-state index contributed by atoms with van der Waals surface area (Å²) in [7, 11) is 0. The summed E-state index contributed by atoms with van der Waals surface area (Å²) in [5, 5.41) is 0. The van der Waals surface area contributed by atoms with Gasteiger partial charge in [-0.2, -0.15) is 0 Å². The van der Waals surface area contributed by atoms with Crippen molar-refractivity contribution in [1.82, 2.24) is 9.97 Å². The molecular formula is C5H9N3Zn. The van der Waals surface area contributed by atoms with Crippen LogP contribution in [0.4, 0.5) is 0 Å². The van der Waals surface area contributed by atoms with Crippen LogP contribution < -0.4 is 5.73 Å². The van der Waals surface area contributed by atoms with E-state index in [1.54, 1.807) is 6.33 Å². The smallest absolute Gasteiger partial charge is 0.0923 e.